The number of benzene rings is 3. The highest BCUT2D eigenvalue weighted by Gasteiger charge is 2.17. The lowest BCUT2D eigenvalue weighted by Crippen LogP contribution is -2.02. The molecule has 3 nitrogen and oxygen atoms in total. The first-order valence-electron chi connectivity index (χ1n) is 7.23. The first-order valence-corrected chi connectivity index (χ1v) is 8.71. The molecule has 0 aliphatic rings. The van der Waals surface area contributed by atoms with Gasteiger partial charge in [0.2, 0.25) is 9.84 Å². The molecule has 0 N–H and O–H groups in total. The van der Waals surface area contributed by atoms with E-state index in [1.54, 1.807) is 54.6 Å². The van der Waals surface area contributed by atoms with Gasteiger partial charge in [-0.05, 0) is 35.9 Å². The lowest BCUT2D eigenvalue weighted by molar-refractivity contribution is 0.305. The highest BCUT2D eigenvalue weighted by atomic mass is 32.2. The second-order valence-electron chi connectivity index (χ2n) is 5.07. The minimum absolute atomic E-state index is 0.231. The molecule has 0 aliphatic carbocycles. The van der Waals surface area contributed by atoms with E-state index in [2.05, 4.69) is 0 Å². The van der Waals surface area contributed by atoms with Crippen molar-refractivity contribution >= 4 is 9.84 Å². The molecule has 0 radical (unpaired) electrons. The fourth-order valence-electron chi connectivity index (χ4n) is 2.21. The van der Waals surface area contributed by atoms with Crippen molar-refractivity contribution in [1.29, 1.82) is 0 Å². The first kappa shape index (κ1) is 15.3. The molecular weight excluding hydrogens is 308 g/mol. The molecule has 3 aromatic rings. The van der Waals surface area contributed by atoms with Gasteiger partial charge in [0.15, 0.2) is 0 Å². The quantitative estimate of drug-likeness (QED) is 0.710. The molecule has 0 aromatic heterocycles. The van der Waals surface area contributed by atoms with Gasteiger partial charge in [-0.15, -0.1) is 0 Å². The number of ether oxygens (including phenoxy) is 1. The Morgan fingerprint density at radius 3 is 2.00 bits per heavy atom. The molecule has 0 aliphatic heterocycles. The van der Waals surface area contributed by atoms with Crippen LogP contribution in [0.3, 0.4) is 0 Å². The lowest BCUT2D eigenvalue weighted by atomic mass is 10.2. The normalized spacial score (nSPS) is 11.1. The van der Waals surface area contributed by atoms with Crippen molar-refractivity contribution in [2.24, 2.45) is 0 Å². The molecule has 0 saturated carbocycles. The first-order chi connectivity index (χ1) is 11.2. The zero-order valence-corrected chi connectivity index (χ0v) is 13.2. The standard InChI is InChI=1S/C19H16O3S/c20-23(21,18-11-5-2-6-12-18)19-13-7-10-17(14-19)22-15-16-8-3-1-4-9-16/h1-14H,15H2. The topological polar surface area (TPSA) is 43.4 Å². The van der Waals surface area contributed by atoms with Crippen LogP contribution in [0.15, 0.2) is 94.7 Å². The molecule has 0 spiro atoms. The Bertz CT molecular complexity index is 873. The van der Waals surface area contributed by atoms with Crippen molar-refractivity contribution in [2.75, 3.05) is 0 Å². The zero-order valence-electron chi connectivity index (χ0n) is 12.4. The van der Waals surface area contributed by atoms with Gasteiger partial charge in [-0.1, -0.05) is 54.6 Å². The molecule has 0 amide bonds. The summed E-state index contributed by atoms with van der Waals surface area (Å²) >= 11 is 0. The SMILES string of the molecule is O=S(=O)(c1ccccc1)c1cccc(OCc2ccccc2)c1. The van der Waals surface area contributed by atoms with Crippen LogP contribution in [0, 0.1) is 0 Å². The average Bonchev–Trinajstić information content (AvgIpc) is 2.62. The van der Waals surface area contributed by atoms with Crippen LogP contribution in [-0.4, -0.2) is 8.42 Å². The van der Waals surface area contributed by atoms with Gasteiger partial charge in [0, 0.05) is 0 Å². The van der Waals surface area contributed by atoms with Gasteiger partial charge in [-0.25, -0.2) is 8.42 Å². The zero-order chi connectivity index (χ0) is 16.1. The Hall–Kier alpha value is -2.59. The maximum Gasteiger partial charge on any atom is 0.206 e. The van der Waals surface area contributed by atoms with Crippen LogP contribution < -0.4 is 4.74 Å². The van der Waals surface area contributed by atoms with Crippen LogP contribution in [0.5, 0.6) is 5.75 Å². The van der Waals surface area contributed by atoms with E-state index in [1.165, 1.54) is 0 Å². The summed E-state index contributed by atoms with van der Waals surface area (Å²) in [4.78, 5) is 0.509. The highest BCUT2D eigenvalue weighted by molar-refractivity contribution is 7.91. The molecule has 0 atom stereocenters. The average molecular weight is 324 g/mol. The van der Waals surface area contributed by atoms with Crippen molar-refractivity contribution in [1.82, 2.24) is 0 Å². The Morgan fingerprint density at radius 1 is 0.696 bits per heavy atom. The minimum atomic E-state index is -3.52. The maximum atomic E-state index is 12.6. The molecule has 4 heteroatoms. The van der Waals surface area contributed by atoms with Crippen LogP contribution >= 0.6 is 0 Å². The largest absolute Gasteiger partial charge is 0.489 e. The van der Waals surface area contributed by atoms with E-state index in [-0.39, 0.29) is 9.79 Å². The number of hydrogen-bond acceptors (Lipinski definition) is 3. The van der Waals surface area contributed by atoms with Gasteiger partial charge < -0.3 is 4.74 Å². The third-order valence-electron chi connectivity index (χ3n) is 3.42. The van der Waals surface area contributed by atoms with E-state index < -0.39 is 9.84 Å². The van der Waals surface area contributed by atoms with Crippen molar-refractivity contribution in [3.8, 4) is 5.75 Å². The molecule has 116 valence electrons. The summed E-state index contributed by atoms with van der Waals surface area (Å²) in [5, 5.41) is 0. The van der Waals surface area contributed by atoms with E-state index in [1.807, 2.05) is 30.3 Å². The lowest BCUT2D eigenvalue weighted by Gasteiger charge is -2.09. The molecule has 0 bridgehead atoms. The Labute approximate surface area is 136 Å². The van der Waals surface area contributed by atoms with Crippen LogP contribution in [0.4, 0.5) is 0 Å². The van der Waals surface area contributed by atoms with E-state index in [0.29, 0.717) is 12.4 Å². The van der Waals surface area contributed by atoms with Gasteiger partial charge in [0.25, 0.3) is 0 Å². The summed E-state index contributed by atoms with van der Waals surface area (Å²) in [6.45, 7) is 0.398. The molecular formula is C19H16O3S. The smallest absolute Gasteiger partial charge is 0.206 e. The van der Waals surface area contributed by atoms with E-state index in [4.69, 9.17) is 4.74 Å². The van der Waals surface area contributed by atoms with Gasteiger partial charge in [0.1, 0.15) is 12.4 Å². The molecule has 3 rings (SSSR count). The van der Waals surface area contributed by atoms with Gasteiger partial charge in [-0.3, -0.25) is 0 Å². The number of sulfone groups is 1. The molecule has 0 saturated heterocycles. The molecule has 0 fully saturated rings. The summed E-state index contributed by atoms with van der Waals surface area (Å²) in [6, 6.07) is 24.7. The molecule has 0 heterocycles. The Kier molecular flexibility index (Phi) is 4.44. The second kappa shape index (κ2) is 6.67. The molecule has 3 aromatic carbocycles. The van der Waals surface area contributed by atoms with E-state index in [0.717, 1.165) is 5.56 Å². The summed E-state index contributed by atoms with van der Waals surface area (Å²) in [5.74, 6) is 0.533. The molecule has 0 unspecified atom stereocenters. The Morgan fingerprint density at radius 2 is 1.30 bits per heavy atom. The summed E-state index contributed by atoms with van der Waals surface area (Å²) in [5.41, 5.74) is 1.03. The fraction of sp³-hybridized carbons (Fsp3) is 0.0526. The van der Waals surface area contributed by atoms with Crippen molar-refractivity contribution < 1.29 is 13.2 Å². The van der Waals surface area contributed by atoms with E-state index in [9.17, 15) is 8.42 Å². The predicted molar refractivity (Wildman–Crippen MR) is 89.1 cm³/mol. The highest BCUT2D eigenvalue weighted by Crippen LogP contribution is 2.24. The van der Waals surface area contributed by atoms with Gasteiger partial charge in [0.05, 0.1) is 9.79 Å². The Balaban J connectivity index is 1.83. The van der Waals surface area contributed by atoms with Crippen LogP contribution in [0.1, 0.15) is 5.56 Å². The predicted octanol–water partition coefficient (Wildman–Crippen LogP) is 4.10. The van der Waals surface area contributed by atoms with Gasteiger partial charge in [-0.2, -0.15) is 0 Å². The third kappa shape index (κ3) is 3.60. The number of rotatable bonds is 5. The van der Waals surface area contributed by atoms with Crippen molar-refractivity contribution in [3.05, 3.63) is 90.5 Å². The fourth-order valence-corrected chi connectivity index (χ4v) is 3.52. The molecule has 23 heavy (non-hydrogen) atoms. The summed E-state index contributed by atoms with van der Waals surface area (Å²) in [6.07, 6.45) is 0. The minimum Gasteiger partial charge on any atom is -0.489 e. The van der Waals surface area contributed by atoms with Crippen LogP contribution in [-0.2, 0) is 16.4 Å². The van der Waals surface area contributed by atoms with Crippen LogP contribution in [0.2, 0.25) is 0 Å². The number of hydrogen-bond donors (Lipinski definition) is 0. The summed E-state index contributed by atoms with van der Waals surface area (Å²) < 4.78 is 30.9. The second-order valence-corrected chi connectivity index (χ2v) is 7.02. The third-order valence-corrected chi connectivity index (χ3v) is 5.18. The maximum absolute atomic E-state index is 12.6. The van der Waals surface area contributed by atoms with Gasteiger partial charge >= 0.3 is 0 Å². The van der Waals surface area contributed by atoms with Crippen LogP contribution in [0.25, 0.3) is 0 Å². The van der Waals surface area contributed by atoms with Crippen molar-refractivity contribution in [3.63, 3.8) is 0 Å². The van der Waals surface area contributed by atoms with Crippen molar-refractivity contribution in [2.45, 2.75) is 16.4 Å². The summed E-state index contributed by atoms with van der Waals surface area (Å²) in [7, 11) is -3.52. The monoisotopic (exact) mass is 324 g/mol. The van der Waals surface area contributed by atoms with E-state index >= 15 is 0 Å².